The Balaban J connectivity index is 2.21. The van der Waals surface area contributed by atoms with Gasteiger partial charge in [0.1, 0.15) is 5.76 Å². The summed E-state index contributed by atoms with van der Waals surface area (Å²) in [6.07, 6.45) is 0. The number of aliphatic hydroxyl groups excluding tert-OH is 1. The molecule has 0 saturated carbocycles. The molecule has 1 fully saturated rings. The highest BCUT2D eigenvalue weighted by molar-refractivity contribution is 6.46. The summed E-state index contributed by atoms with van der Waals surface area (Å²) in [5.74, 6) is -0.562. The third kappa shape index (κ3) is 5.23. The van der Waals surface area contributed by atoms with Crippen LogP contribution < -0.4 is 14.2 Å². The van der Waals surface area contributed by atoms with E-state index in [9.17, 15) is 14.7 Å². The van der Waals surface area contributed by atoms with E-state index >= 15 is 0 Å². The maximum Gasteiger partial charge on any atom is 0.295 e. The van der Waals surface area contributed by atoms with Crippen LogP contribution in [-0.4, -0.2) is 74.1 Å². The Morgan fingerprint density at radius 2 is 1.57 bits per heavy atom. The van der Waals surface area contributed by atoms with Gasteiger partial charge in [0.15, 0.2) is 11.5 Å². The first-order chi connectivity index (χ1) is 16.8. The second-order valence-corrected chi connectivity index (χ2v) is 8.42. The zero-order valence-electron chi connectivity index (χ0n) is 20.6. The molecule has 188 valence electrons. The van der Waals surface area contributed by atoms with Gasteiger partial charge in [-0.25, -0.2) is 0 Å². The van der Waals surface area contributed by atoms with Crippen LogP contribution in [-0.2, 0) is 9.59 Å². The van der Waals surface area contributed by atoms with Gasteiger partial charge in [-0.1, -0.05) is 25.4 Å². The molecule has 2 aromatic carbocycles. The number of carbonyl (C=O) groups excluding carboxylic acids is 2. The Labute approximate surface area is 210 Å². The van der Waals surface area contributed by atoms with E-state index in [0.717, 1.165) is 13.1 Å². The number of Topliss-reactive ketones (excluding diaryl/α,β-unsaturated/α-hetero) is 1. The lowest BCUT2D eigenvalue weighted by atomic mass is 9.94. The van der Waals surface area contributed by atoms with Crippen molar-refractivity contribution in [1.29, 1.82) is 0 Å². The Morgan fingerprint density at radius 1 is 1.00 bits per heavy atom. The van der Waals surface area contributed by atoms with Gasteiger partial charge in [0, 0.05) is 23.7 Å². The van der Waals surface area contributed by atoms with Gasteiger partial charge in [-0.3, -0.25) is 9.59 Å². The number of nitrogens with zero attached hydrogens (tertiary/aromatic N) is 2. The molecule has 0 unspecified atom stereocenters. The molecule has 1 aliphatic rings. The first-order valence-electron chi connectivity index (χ1n) is 11.4. The van der Waals surface area contributed by atoms with Crippen molar-refractivity contribution in [2.24, 2.45) is 0 Å². The van der Waals surface area contributed by atoms with E-state index in [1.165, 1.54) is 26.2 Å². The molecular weight excluding hydrogens is 472 g/mol. The first kappa shape index (κ1) is 26.4. The van der Waals surface area contributed by atoms with E-state index in [1.54, 1.807) is 36.4 Å². The van der Waals surface area contributed by atoms with Crippen LogP contribution >= 0.6 is 11.6 Å². The van der Waals surface area contributed by atoms with Crippen molar-refractivity contribution in [2.75, 3.05) is 47.5 Å². The lowest BCUT2D eigenvalue weighted by Gasteiger charge is -2.29. The second kappa shape index (κ2) is 11.5. The number of ketones is 1. The van der Waals surface area contributed by atoms with E-state index < -0.39 is 17.7 Å². The van der Waals surface area contributed by atoms with Gasteiger partial charge in [0.2, 0.25) is 5.75 Å². The minimum Gasteiger partial charge on any atom is -0.507 e. The first-order valence-corrected chi connectivity index (χ1v) is 11.8. The number of hydrogen-bond donors (Lipinski definition) is 1. The molecule has 8 nitrogen and oxygen atoms in total. The molecule has 3 rings (SSSR count). The Hall–Kier alpha value is -3.23. The third-order valence-corrected chi connectivity index (χ3v) is 6.46. The number of hydrogen-bond acceptors (Lipinski definition) is 7. The lowest BCUT2D eigenvalue weighted by molar-refractivity contribution is -0.140. The van der Waals surface area contributed by atoms with Crippen molar-refractivity contribution in [1.82, 2.24) is 9.80 Å². The number of halogens is 1. The van der Waals surface area contributed by atoms with E-state index in [1.807, 2.05) is 13.8 Å². The van der Waals surface area contributed by atoms with Crippen molar-refractivity contribution in [3.8, 4) is 17.2 Å². The summed E-state index contributed by atoms with van der Waals surface area (Å²) in [7, 11) is 4.48. The summed E-state index contributed by atoms with van der Waals surface area (Å²) in [6, 6.07) is 8.97. The van der Waals surface area contributed by atoms with Gasteiger partial charge in [0.25, 0.3) is 11.7 Å². The highest BCUT2D eigenvalue weighted by atomic mass is 35.5. The summed E-state index contributed by atoms with van der Waals surface area (Å²) in [5.41, 5.74) is 0.925. The van der Waals surface area contributed by atoms with Crippen molar-refractivity contribution in [2.45, 2.75) is 19.9 Å². The molecule has 1 amide bonds. The van der Waals surface area contributed by atoms with Gasteiger partial charge in [-0.15, -0.1) is 0 Å². The van der Waals surface area contributed by atoms with Crippen LogP contribution in [0.5, 0.6) is 17.2 Å². The number of likely N-dealkylation sites (N-methyl/N-ethyl adjacent to an activating group) is 1. The molecule has 9 heteroatoms. The summed E-state index contributed by atoms with van der Waals surface area (Å²) >= 11 is 6.00. The average molecular weight is 503 g/mol. The normalized spacial score (nSPS) is 17.2. The summed E-state index contributed by atoms with van der Waals surface area (Å²) in [6.45, 7) is 6.55. The zero-order valence-corrected chi connectivity index (χ0v) is 21.4. The zero-order chi connectivity index (χ0) is 25.7. The molecule has 35 heavy (non-hydrogen) atoms. The maximum atomic E-state index is 13.3. The molecule has 0 bridgehead atoms. The maximum absolute atomic E-state index is 13.3. The van der Waals surface area contributed by atoms with Crippen LogP contribution in [0.2, 0.25) is 5.02 Å². The monoisotopic (exact) mass is 502 g/mol. The molecular formula is C26H31ClN2O6. The molecule has 0 spiro atoms. The van der Waals surface area contributed by atoms with Crippen LogP contribution in [0.25, 0.3) is 5.76 Å². The van der Waals surface area contributed by atoms with E-state index in [4.69, 9.17) is 25.8 Å². The van der Waals surface area contributed by atoms with Crippen LogP contribution in [0.15, 0.2) is 42.0 Å². The fourth-order valence-electron chi connectivity index (χ4n) is 4.27. The summed E-state index contributed by atoms with van der Waals surface area (Å²) in [5, 5.41) is 11.7. The van der Waals surface area contributed by atoms with E-state index in [0.29, 0.717) is 46.5 Å². The molecule has 0 aliphatic carbocycles. The van der Waals surface area contributed by atoms with Crippen molar-refractivity contribution < 1.29 is 28.9 Å². The smallest absolute Gasteiger partial charge is 0.295 e. The Bertz CT molecular complexity index is 1090. The lowest BCUT2D eigenvalue weighted by Crippen LogP contribution is -2.38. The number of benzene rings is 2. The number of rotatable bonds is 10. The van der Waals surface area contributed by atoms with Gasteiger partial charge in [-0.2, -0.15) is 0 Å². The number of ether oxygens (including phenoxy) is 3. The van der Waals surface area contributed by atoms with E-state index in [2.05, 4.69) is 4.90 Å². The molecule has 0 aromatic heterocycles. The Morgan fingerprint density at radius 3 is 2.06 bits per heavy atom. The predicted octanol–water partition coefficient (Wildman–Crippen LogP) is 4.13. The quantitative estimate of drug-likeness (QED) is 0.297. The van der Waals surface area contributed by atoms with Gasteiger partial charge >= 0.3 is 0 Å². The topological polar surface area (TPSA) is 88.5 Å². The van der Waals surface area contributed by atoms with Gasteiger partial charge in [0.05, 0.1) is 32.9 Å². The fraction of sp³-hybridized carbons (Fsp3) is 0.385. The highest BCUT2D eigenvalue weighted by Gasteiger charge is 2.46. The minimum absolute atomic E-state index is 0.00820. The molecule has 1 heterocycles. The van der Waals surface area contributed by atoms with Crippen LogP contribution in [0, 0.1) is 0 Å². The largest absolute Gasteiger partial charge is 0.507 e. The number of aliphatic hydroxyl groups is 1. The van der Waals surface area contributed by atoms with Crippen LogP contribution in [0.4, 0.5) is 0 Å². The third-order valence-electron chi connectivity index (χ3n) is 6.21. The van der Waals surface area contributed by atoms with Crippen LogP contribution in [0.3, 0.4) is 0 Å². The Kier molecular flexibility index (Phi) is 8.64. The van der Waals surface area contributed by atoms with Gasteiger partial charge in [-0.05, 0) is 55.1 Å². The van der Waals surface area contributed by atoms with Crippen LogP contribution in [0.1, 0.15) is 31.0 Å². The predicted molar refractivity (Wildman–Crippen MR) is 134 cm³/mol. The molecule has 1 aliphatic heterocycles. The minimum atomic E-state index is -0.852. The number of carbonyl (C=O) groups is 2. The highest BCUT2D eigenvalue weighted by Crippen LogP contribution is 2.45. The molecule has 1 atom stereocenters. The second-order valence-electron chi connectivity index (χ2n) is 7.98. The number of likely N-dealkylation sites (tertiary alicyclic amines) is 1. The van der Waals surface area contributed by atoms with E-state index in [-0.39, 0.29) is 11.3 Å². The van der Waals surface area contributed by atoms with Crippen molar-refractivity contribution in [3.63, 3.8) is 0 Å². The molecule has 1 N–H and O–H groups in total. The van der Waals surface area contributed by atoms with Crippen molar-refractivity contribution in [3.05, 3.63) is 58.1 Å². The number of methoxy groups -OCH3 is 3. The van der Waals surface area contributed by atoms with Crippen molar-refractivity contribution >= 4 is 29.1 Å². The average Bonchev–Trinajstić information content (AvgIpc) is 3.13. The standard InChI is InChI=1S/C26H31ClN2O6/c1-6-28(7-2)12-13-29-22(17-14-19(33-3)25(35-5)20(15-17)34-4)21(24(31)26(29)32)23(30)16-8-10-18(27)11-9-16/h8-11,14-15,22,30H,6-7,12-13H2,1-5H3/b23-21+/t22-/m1/s1. The SMILES string of the molecule is CCN(CC)CCN1C(=O)C(=O)/C(=C(/O)c2ccc(Cl)cc2)[C@H]1c1cc(OC)c(OC)c(OC)c1. The van der Waals surface area contributed by atoms with Gasteiger partial charge < -0.3 is 29.1 Å². The molecule has 2 aromatic rings. The molecule has 1 saturated heterocycles. The number of amides is 1. The molecule has 0 radical (unpaired) electrons. The summed E-state index contributed by atoms with van der Waals surface area (Å²) in [4.78, 5) is 30.1. The fourth-order valence-corrected chi connectivity index (χ4v) is 4.39. The summed E-state index contributed by atoms with van der Waals surface area (Å²) < 4.78 is 16.4.